The fourth-order valence-electron chi connectivity index (χ4n) is 2.12. The van der Waals surface area contributed by atoms with Crippen molar-refractivity contribution < 1.29 is 4.74 Å². The van der Waals surface area contributed by atoms with Gasteiger partial charge in [-0.25, -0.2) is 0 Å². The number of para-hydroxylation sites is 2. The van der Waals surface area contributed by atoms with Gasteiger partial charge in [0.15, 0.2) is 0 Å². The Labute approximate surface area is 133 Å². The highest BCUT2D eigenvalue weighted by atomic mass is 32.1. The van der Waals surface area contributed by atoms with Crippen molar-refractivity contribution in [3.05, 3.63) is 58.1 Å². The molecule has 0 spiro atoms. The van der Waals surface area contributed by atoms with Gasteiger partial charge in [-0.1, -0.05) is 18.2 Å². The van der Waals surface area contributed by atoms with E-state index >= 15 is 0 Å². The summed E-state index contributed by atoms with van der Waals surface area (Å²) in [6.45, 7) is 3.50. The molecule has 2 nitrogen and oxygen atoms in total. The molecule has 0 atom stereocenters. The summed E-state index contributed by atoms with van der Waals surface area (Å²) in [5.74, 6) is 0.912. The van der Waals surface area contributed by atoms with Crippen LogP contribution in [0.1, 0.15) is 11.8 Å². The van der Waals surface area contributed by atoms with Crippen molar-refractivity contribution in [2.75, 3.05) is 11.9 Å². The van der Waals surface area contributed by atoms with Crippen LogP contribution in [-0.2, 0) is 6.54 Å². The standard InChI is InChI=1S/C17H17NOS2/c1-2-19-16-7-4-3-6-15(16)18-11-14-10-13(12-21-14)17-8-5-9-20-17/h3-10,12,18H,2,11H2,1H3. The van der Waals surface area contributed by atoms with Crippen molar-refractivity contribution in [1.82, 2.24) is 0 Å². The van der Waals surface area contributed by atoms with Crippen molar-refractivity contribution >= 4 is 28.4 Å². The molecule has 21 heavy (non-hydrogen) atoms. The van der Waals surface area contributed by atoms with Gasteiger partial charge in [0.25, 0.3) is 0 Å². The minimum atomic E-state index is 0.681. The Morgan fingerprint density at radius 2 is 2.00 bits per heavy atom. The van der Waals surface area contributed by atoms with Crippen LogP contribution >= 0.6 is 22.7 Å². The van der Waals surface area contributed by atoms with Gasteiger partial charge < -0.3 is 10.1 Å². The highest BCUT2D eigenvalue weighted by molar-refractivity contribution is 7.14. The molecule has 0 unspecified atom stereocenters. The van der Waals surface area contributed by atoms with E-state index in [-0.39, 0.29) is 0 Å². The number of hydrogen-bond donors (Lipinski definition) is 1. The fraction of sp³-hybridized carbons (Fsp3) is 0.176. The van der Waals surface area contributed by atoms with Crippen LogP contribution in [0.25, 0.3) is 10.4 Å². The second-order valence-corrected chi connectivity index (χ2v) is 6.51. The van der Waals surface area contributed by atoms with Gasteiger partial charge in [0, 0.05) is 21.9 Å². The van der Waals surface area contributed by atoms with Crippen LogP contribution < -0.4 is 10.1 Å². The van der Waals surface area contributed by atoms with Crippen LogP contribution in [0.15, 0.2) is 53.2 Å². The molecule has 0 amide bonds. The summed E-state index contributed by atoms with van der Waals surface area (Å²) in [4.78, 5) is 2.65. The Kier molecular flexibility index (Phi) is 4.58. The molecule has 0 bridgehead atoms. The minimum Gasteiger partial charge on any atom is -0.492 e. The lowest BCUT2D eigenvalue weighted by Gasteiger charge is -2.11. The van der Waals surface area contributed by atoms with E-state index in [0.717, 1.165) is 18.0 Å². The number of ether oxygens (including phenoxy) is 1. The van der Waals surface area contributed by atoms with E-state index in [1.807, 2.05) is 25.1 Å². The maximum atomic E-state index is 5.63. The van der Waals surface area contributed by atoms with E-state index in [1.54, 1.807) is 22.7 Å². The number of nitrogens with one attached hydrogen (secondary N) is 1. The van der Waals surface area contributed by atoms with Crippen LogP contribution in [0.3, 0.4) is 0 Å². The zero-order valence-corrected chi connectivity index (χ0v) is 13.5. The topological polar surface area (TPSA) is 21.3 Å². The van der Waals surface area contributed by atoms with Gasteiger partial charge in [-0.15, -0.1) is 22.7 Å². The molecule has 0 aliphatic carbocycles. The lowest BCUT2D eigenvalue weighted by atomic mass is 10.2. The van der Waals surface area contributed by atoms with Gasteiger partial charge >= 0.3 is 0 Å². The summed E-state index contributed by atoms with van der Waals surface area (Å²) < 4.78 is 5.63. The lowest BCUT2D eigenvalue weighted by Crippen LogP contribution is -2.01. The largest absolute Gasteiger partial charge is 0.492 e. The monoisotopic (exact) mass is 315 g/mol. The minimum absolute atomic E-state index is 0.681. The summed E-state index contributed by atoms with van der Waals surface area (Å²) in [5.41, 5.74) is 2.36. The average molecular weight is 315 g/mol. The average Bonchev–Trinajstić information content (AvgIpc) is 3.18. The van der Waals surface area contributed by atoms with E-state index in [2.05, 4.69) is 40.3 Å². The molecular formula is C17H17NOS2. The molecule has 0 radical (unpaired) electrons. The zero-order chi connectivity index (χ0) is 14.5. The molecule has 1 N–H and O–H groups in total. The predicted octanol–water partition coefficient (Wildman–Crippen LogP) is 5.49. The molecule has 0 aliphatic heterocycles. The lowest BCUT2D eigenvalue weighted by molar-refractivity contribution is 0.341. The smallest absolute Gasteiger partial charge is 0.142 e. The highest BCUT2D eigenvalue weighted by Crippen LogP contribution is 2.30. The summed E-state index contributed by atoms with van der Waals surface area (Å²) in [5, 5.41) is 7.80. The van der Waals surface area contributed by atoms with Crippen LogP contribution in [0.5, 0.6) is 5.75 Å². The molecular weight excluding hydrogens is 298 g/mol. The van der Waals surface area contributed by atoms with Gasteiger partial charge in [-0.3, -0.25) is 0 Å². The first-order valence-corrected chi connectivity index (χ1v) is 8.69. The van der Waals surface area contributed by atoms with Gasteiger partial charge in [0.05, 0.1) is 12.3 Å². The molecule has 1 aromatic carbocycles. The molecule has 0 aliphatic rings. The van der Waals surface area contributed by atoms with E-state index < -0.39 is 0 Å². The molecule has 4 heteroatoms. The van der Waals surface area contributed by atoms with Crippen molar-refractivity contribution in [2.45, 2.75) is 13.5 Å². The van der Waals surface area contributed by atoms with E-state index in [4.69, 9.17) is 4.74 Å². The van der Waals surface area contributed by atoms with Crippen LogP contribution in [0.4, 0.5) is 5.69 Å². The van der Waals surface area contributed by atoms with Crippen LogP contribution in [-0.4, -0.2) is 6.61 Å². The molecule has 108 valence electrons. The van der Waals surface area contributed by atoms with E-state index in [9.17, 15) is 0 Å². The number of thiophene rings is 2. The van der Waals surface area contributed by atoms with Crippen molar-refractivity contribution in [3.8, 4) is 16.2 Å². The molecule has 0 fully saturated rings. The third-order valence-electron chi connectivity index (χ3n) is 3.10. The summed E-state index contributed by atoms with van der Waals surface area (Å²) in [6, 6.07) is 14.6. The Morgan fingerprint density at radius 1 is 1.10 bits per heavy atom. The first-order chi connectivity index (χ1) is 10.4. The quantitative estimate of drug-likeness (QED) is 0.649. The number of hydrogen-bond acceptors (Lipinski definition) is 4. The Morgan fingerprint density at radius 3 is 2.81 bits per heavy atom. The molecule has 2 aromatic heterocycles. The van der Waals surface area contributed by atoms with Crippen LogP contribution in [0.2, 0.25) is 0 Å². The Bertz CT molecular complexity index is 688. The first kappa shape index (κ1) is 14.2. The van der Waals surface area contributed by atoms with Gasteiger partial charge in [-0.2, -0.15) is 0 Å². The van der Waals surface area contributed by atoms with E-state index in [1.165, 1.54) is 15.3 Å². The second kappa shape index (κ2) is 6.78. The number of rotatable bonds is 6. The van der Waals surface area contributed by atoms with Crippen molar-refractivity contribution in [2.24, 2.45) is 0 Å². The highest BCUT2D eigenvalue weighted by Gasteiger charge is 2.05. The number of anilines is 1. The maximum absolute atomic E-state index is 5.63. The third-order valence-corrected chi connectivity index (χ3v) is 4.96. The van der Waals surface area contributed by atoms with Gasteiger partial charge in [0.1, 0.15) is 5.75 Å². The summed E-state index contributed by atoms with van der Waals surface area (Å²) in [6.07, 6.45) is 0. The normalized spacial score (nSPS) is 10.5. The SMILES string of the molecule is CCOc1ccccc1NCc1cc(-c2cccs2)cs1. The molecule has 0 saturated carbocycles. The molecule has 2 heterocycles. The summed E-state index contributed by atoms with van der Waals surface area (Å²) in [7, 11) is 0. The maximum Gasteiger partial charge on any atom is 0.142 e. The predicted molar refractivity (Wildman–Crippen MR) is 92.6 cm³/mol. The Hall–Kier alpha value is -1.78. The van der Waals surface area contributed by atoms with Gasteiger partial charge in [0.2, 0.25) is 0 Å². The van der Waals surface area contributed by atoms with Crippen molar-refractivity contribution in [1.29, 1.82) is 0 Å². The molecule has 0 saturated heterocycles. The fourth-order valence-corrected chi connectivity index (χ4v) is 3.74. The second-order valence-electron chi connectivity index (χ2n) is 4.56. The van der Waals surface area contributed by atoms with Crippen LogP contribution in [0, 0.1) is 0 Å². The first-order valence-electron chi connectivity index (χ1n) is 6.94. The number of benzene rings is 1. The van der Waals surface area contributed by atoms with Gasteiger partial charge in [-0.05, 0) is 41.9 Å². The third kappa shape index (κ3) is 3.46. The molecule has 3 aromatic rings. The summed E-state index contributed by atoms with van der Waals surface area (Å²) >= 11 is 3.57. The van der Waals surface area contributed by atoms with E-state index in [0.29, 0.717) is 6.61 Å². The Balaban J connectivity index is 1.68. The van der Waals surface area contributed by atoms with Crippen molar-refractivity contribution in [3.63, 3.8) is 0 Å². The zero-order valence-electron chi connectivity index (χ0n) is 11.8. The molecule has 3 rings (SSSR count).